The van der Waals surface area contributed by atoms with Crippen LogP contribution >= 0.6 is 0 Å². The molecule has 4 nitrogen and oxygen atoms in total. The molecule has 6 heteroatoms. The Morgan fingerprint density at radius 1 is 0.791 bits per heavy atom. The molecule has 0 atom stereocenters. The fraction of sp³-hybridized carbons (Fsp3) is 0.189. The molecule has 1 aliphatic rings. The van der Waals surface area contributed by atoms with E-state index in [1.807, 2.05) is 18.3 Å². The second-order valence-electron chi connectivity index (χ2n) is 12.8. The molecule has 4 aromatic carbocycles. The summed E-state index contributed by atoms with van der Waals surface area (Å²) in [4.78, 5) is 9.16. The van der Waals surface area contributed by atoms with Gasteiger partial charge < -0.3 is 14.4 Å². The Morgan fingerprint density at radius 2 is 1.51 bits per heavy atom. The van der Waals surface area contributed by atoms with Crippen molar-refractivity contribution in [3.8, 4) is 5.82 Å². The van der Waals surface area contributed by atoms with Crippen molar-refractivity contribution in [1.29, 1.82) is 0 Å². The molecule has 1 aliphatic heterocycles. The minimum absolute atomic E-state index is 0. The Kier molecular flexibility index (Phi) is 7.39. The van der Waals surface area contributed by atoms with Crippen molar-refractivity contribution in [2.45, 2.75) is 39.3 Å². The van der Waals surface area contributed by atoms with Gasteiger partial charge in [0, 0.05) is 44.2 Å². The van der Waals surface area contributed by atoms with Crippen LogP contribution in [0.5, 0.6) is 0 Å². The van der Waals surface area contributed by atoms with Gasteiger partial charge in [-0.3, -0.25) is 0 Å². The summed E-state index contributed by atoms with van der Waals surface area (Å²) in [6.07, 6.45) is 1.85. The van der Waals surface area contributed by atoms with Crippen LogP contribution < -0.4 is 20.2 Å². The fourth-order valence-corrected chi connectivity index (χ4v) is 8.24. The maximum absolute atomic E-state index is 4.68. The van der Waals surface area contributed by atoms with Crippen LogP contribution in [0.25, 0.3) is 27.6 Å². The first-order valence-corrected chi connectivity index (χ1v) is 17.5. The molecule has 0 saturated heterocycles. The molecule has 2 aromatic heterocycles. The molecule has 3 heterocycles. The molecule has 0 radical (unpaired) electrons. The SMILES string of the molecule is CN1[CH-]N(c2[c-]c([Si](C)(C)c3[c-]cc4c(c3)c3ccccc3n4-c3ccccn3)cc(C(C)(C)C)c2)c2ccccc21.[Pt]. The Bertz CT molecular complexity index is 1960. The van der Waals surface area contributed by atoms with E-state index in [-0.39, 0.29) is 26.5 Å². The third kappa shape index (κ3) is 4.93. The zero-order chi connectivity index (χ0) is 29.2. The van der Waals surface area contributed by atoms with Gasteiger partial charge in [-0.2, -0.15) is 52.9 Å². The van der Waals surface area contributed by atoms with Crippen LogP contribution in [0.3, 0.4) is 0 Å². The van der Waals surface area contributed by atoms with Crippen LogP contribution in [0.1, 0.15) is 26.3 Å². The standard InChI is InChI=1S/C37H35N4Si.Pt/c1-37(2,3)26-21-27(40-25-39(4)34-15-9-10-16-35(34)40)23-29(22-26)42(5,6)28-18-19-33-31(24-28)30-13-7-8-14-32(30)41(33)36-17-11-12-20-38-36;/h7-17,19-22,24-25H,1-6H3;/q-3;. The molecule has 0 saturated carbocycles. The van der Waals surface area contributed by atoms with E-state index in [4.69, 9.17) is 0 Å². The summed E-state index contributed by atoms with van der Waals surface area (Å²) >= 11 is 0. The molecule has 43 heavy (non-hydrogen) atoms. The normalized spacial score (nSPS) is 13.4. The summed E-state index contributed by atoms with van der Waals surface area (Å²) in [7, 11) is -0.113. The molecule has 0 aliphatic carbocycles. The number of rotatable bonds is 4. The molecular formula is C37H35N4PtSi-3. The van der Waals surface area contributed by atoms with Crippen molar-refractivity contribution in [2.75, 3.05) is 16.8 Å². The summed E-state index contributed by atoms with van der Waals surface area (Å²) in [5.74, 6) is 0.921. The Morgan fingerprint density at radius 3 is 2.26 bits per heavy atom. The van der Waals surface area contributed by atoms with Gasteiger partial charge in [0.15, 0.2) is 0 Å². The molecule has 0 unspecified atom stereocenters. The van der Waals surface area contributed by atoms with Crippen LogP contribution in [0.15, 0.2) is 97.2 Å². The van der Waals surface area contributed by atoms with Gasteiger partial charge in [0.1, 0.15) is 5.82 Å². The van der Waals surface area contributed by atoms with E-state index >= 15 is 0 Å². The van der Waals surface area contributed by atoms with E-state index in [1.165, 1.54) is 38.1 Å². The van der Waals surface area contributed by atoms with Crippen LogP contribution in [-0.4, -0.2) is 24.7 Å². The average Bonchev–Trinajstić information content (AvgIpc) is 3.51. The summed E-state index contributed by atoms with van der Waals surface area (Å²) in [5.41, 5.74) is 7.08. The van der Waals surface area contributed by atoms with Crippen LogP contribution in [0.4, 0.5) is 17.1 Å². The zero-order valence-electron chi connectivity index (χ0n) is 25.4. The van der Waals surface area contributed by atoms with E-state index in [0.717, 1.165) is 22.5 Å². The number of aromatic nitrogens is 2. The number of pyridine rings is 1. The Hall–Kier alpha value is -3.66. The molecule has 6 aromatic rings. The third-order valence-electron chi connectivity index (χ3n) is 8.62. The summed E-state index contributed by atoms with van der Waals surface area (Å²) in [5, 5.41) is 5.03. The van der Waals surface area contributed by atoms with Gasteiger partial charge in [-0.25, -0.2) is 4.98 Å². The van der Waals surface area contributed by atoms with E-state index in [2.05, 4.69) is 158 Å². The number of fused-ring (bicyclic) bond motifs is 4. The van der Waals surface area contributed by atoms with Crippen molar-refractivity contribution >= 4 is 57.3 Å². The maximum Gasteiger partial charge on any atom is 0.126 e. The van der Waals surface area contributed by atoms with Crippen LogP contribution in [0.2, 0.25) is 13.1 Å². The summed E-state index contributed by atoms with van der Waals surface area (Å²) in [6, 6.07) is 40.2. The van der Waals surface area contributed by atoms with Crippen molar-refractivity contribution < 1.29 is 21.1 Å². The third-order valence-corrected chi connectivity index (χ3v) is 11.9. The van der Waals surface area contributed by atoms with Crippen molar-refractivity contribution in [3.63, 3.8) is 0 Å². The number of para-hydroxylation sites is 3. The number of nitrogens with zero attached hydrogens (tertiary/aromatic N) is 4. The first-order valence-electron chi connectivity index (χ1n) is 14.5. The maximum atomic E-state index is 4.68. The first-order chi connectivity index (χ1) is 20.1. The molecule has 0 fully saturated rings. The average molecular weight is 759 g/mol. The Balaban J connectivity index is 0.00000329. The fourth-order valence-electron chi connectivity index (χ4n) is 6.06. The van der Waals surface area contributed by atoms with Gasteiger partial charge >= 0.3 is 0 Å². The number of hydrogen-bond donors (Lipinski definition) is 0. The molecule has 0 spiro atoms. The van der Waals surface area contributed by atoms with Gasteiger partial charge in [0.05, 0.1) is 8.07 Å². The van der Waals surface area contributed by atoms with Crippen molar-refractivity contribution in [1.82, 2.24) is 9.55 Å². The van der Waals surface area contributed by atoms with Gasteiger partial charge in [-0.1, -0.05) is 75.8 Å². The monoisotopic (exact) mass is 758 g/mol. The van der Waals surface area contributed by atoms with Gasteiger partial charge in [0.2, 0.25) is 0 Å². The van der Waals surface area contributed by atoms with E-state index in [0.29, 0.717) is 0 Å². The predicted octanol–water partition coefficient (Wildman–Crippen LogP) is 7.60. The predicted molar refractivity (Wildman–Crippen MR) is 179 cm³/mol. The number of hydrogen-bond acceptors (Lipinski definition) is 3. The summed E-state index contributed by atoms with van der Waals surface area (Å²) < 4.78 is 2.25. The topological polar surface area (TPSA) is 24.3 Å². The molecule has 220 valence electrons. The second-order valence-corrected chi connectivity index (χ2v) is 17.1. The van der Waals surface area contributed by atoms with Crippen molar-refractivity contribution in [3.05, 3.63) is 122 Å². The van der Waals surface area contributed by atoms with Gasteiger partial charge in [0.25, 0.3) is 0 Å². The molecule has 0 N–H and O–H groups in total. The zero-order valence-corrected chi connectivity index (χ0v) is 28.7. The molecule has 7 rings (SSSR count). The van der Waals surface area contributed by atoms with Gasteiger partial charge in [-0.05, 0) is 48.2 Å². The first kappa shape index (κ1) is 29.4. The van der Waals surface area contributed by atoms with E-state index in [9.17, 15) is 0 Å². The van der Waals surface area contributed by atoms with E-state index in [1.54, 1.807) is 0 Å². The van der Waals surface area contributed by atoms with Crippen molar-refractivity contribution in [2.24, 2.45) is 0 Å². The molecule has 0 amide bonds. The van der Waals surface area contributed by atoms with Crippen LogP contribution in [-0.2, 0) is 26.5 Å². The molecule has 0 bridgehead atoms. The minimum atomic E-state index is -2.22. The van der Waals surface area contributed by atoms with E-state index < -0.39 is 8.07 Å². The smallest absolute Gasteiger partial charge is 0.126 e. The minimum Gasteiger partial charge on any atom is -0.504 e. The quantitative estimate of drug-likeness (QED) is 0.137. The number of anilines is 3. The second kappa shape index (κ2) is 10.8. The summed E-state index contributed by atoms with van der Waals surface area (Å²) in [6.45, 7) is 13.9. The molecular weight excluding hydrogens is 724 g/mol. The number of benzene rings is 4. The largest absolute Gasteiger partial charge is 0.504 e. The van der Waals surface area contributed by atoms with Crippen LogP contribution in [0, 0.1) is 18.8 Å². The Labute approximate surface area is 270 Å². The van der Waals surface area contributed by atoms with Gasteiger partial charge in [-0.15, -0.1) is 17.1 Å².